The van der Waals surface area contributed by atoms with Crippen molar-refractivity contribution < 1.29 is 14.0 Å². The van der Waals surface area contributed by atoms with Gasteiger partial charge in [0.05, 0.1) is 25.3 Å². The summed E-state index contributed by atoms with van der Waals surface area (Å²) in [6.45, 7) is 4.05. The van der Waals surface area contributed by atoms with Crippen LogP contribution in [0.2, 0.25) is 0 Å². The molecule has 1 aromatic carbocycles. The van der Waals surface area contributed by atoms with E-state index in [2.05, 4.69) is 5.32 Å². The molecule has 4 rings (SSSR count). The first-order valence-electron chi connectivity index (χ1n) is 10.5. The smallest absolute Gasteiger partial charge is 0.321 e. The number of benzene rings is 1. The van der Waals surface area contributed by atoms with Gasteiger partial charge in [-0.2, -0.15) is 0 Å². The molecule has 1 N–H and O–H groups in total. The number of carbonyl (C=O) groups excluding carboxylic acids is 2. The number of anilines is 1. The summed E-state index contributed by atoms with van der Waals surface area (Å²) in [6, 6.07) is 15.3. The second-order valence-corrected chi connectivity index (χ2v) is 8.97. The van der Waals surface area contributed by atoms with E-state index in [0.717, 1.165) is 34.7 Å². The molecule has 1 saturated heterocycles. The first-order chi connectivity index (χ1) is 15.1. The monoisotopic (exact) mass is 437 g/mol. The molecule has 0 bridgehead atoms. The highest BCUT2D eigenvalue weighted by molar-refractivity contribution is 7.09. The summed E-state index contributed by atoms with van der Waals surface area (Å²) in [5.74, 6) is 0.611. The third kappa shape index (κ3) is 5.55. The Balaban J connectivity index is 1.43. The molecule has 162 valence electrons. The third-order valence-electron chi connectivity index (χ3n) is 5.49. The van der Waals surface area contributed by atoms with Gasteiger partial charge in [0, 0.05) is 23.7 Å². The molecule has 7 heteroatoms. The quantitative estimate of drug-likeness (QED) is 0.582. The minimum atomic E-state index is -0.216. The van der Waals surface area contributed by atoms with Crippen LogP contribution in [0.25, 0.3) is 0 Å². The Labute approximate surface area is 186 Å². The number of rotatable bonds is 6. The maximum Gasteiger partial charge on any atom is 0.321 e. The number of carbonyl (C=O) groups is 2. The number of hydrogen-bond acceptors (Lipinski definition) is 4. The van der Waals surface area contributed by atoms with Gasteiger partial charge in [-0.1, -0.05) is 18.2 Å². The van der Waals surface area contributed by atoms with Crippen LogP contribution in [0.3, 0.4) is 0 Å². The van der Waals surface area contributed by atoms with Crippen molar-refractivity contribution in [3.63, 3.8) is 0 Å². The third-order valence-corrected chi connectivity index (χ3v) is 6.35. The molecule has 1 atom stereocenters. The van der Waals surface area contributed by atoms with Crippen molar-refractivity contribution in [2.75, 3.05) is 18.4 Å². The summed E-state index contributed by atoms with van der Waals surface area (Å²) in [7, 11) is 0. The first kappa shape index (κ1) is 21.2. The molecular formula is C24H27N3O3S. The Hall–Kier alpha value is -3.06. The molecule has 0 radical (unpaired) electrons. The van der Waals surface area contributed by atoms with E-state index in [1.54, 1.807) is 22.5 Å². The van der Waals surface area contributed by atoms with E-state index in [0.29, 0.717) is 26.2 Å². The summed E-state index contributed by atoms with van der Waals surface area (Å²) >= 11 is 1.64. The Morgan fingerprint density at radius 3 is 2.84 bits per heavy atom. The normalized spacial score (nSPS) is 16.2. The minimum Gasteiger partial charge on any atom is -0.467 e. The van der Waals surface area contributed by atoms with Gasteiger partial charge in [0.2, 0.25) is 5.91 Å². The van der Waals surface area contributed by atoms with Gasteiger partial charge in [-0.15, -0.1) is 11.3 Å². The van der Waals surface area contributed by atoms with Crippen LogP contribution in [0.4, 0.5) is 10.5 Å². The fourth-order valence-corrected chi connectivity index (χ4v) is 4.66. The van der Waals surface area contributed by atoms with E-state index in [-0.39, 0.29) is 17.9 Å². The zero-order valence-electron chi connectivity index (χ0n) is 17.6. The van der Waals surface area contributed by atoms with Crippen molar-refractivity contribution in [1.29, 1.82) is 0 Å². The van der Waals surface area contributed by atoms with Gasteiger partial charge in [0.25, 0.3) is 0 Å². The number of likely N-dealkylation sites (tertiary alicyclic amines) is 1. The molecule has 3 aromatic rings. The number of nitrogens with one attached hydrogen (secondary N) is 1. The van der Waals surface area contributed by atoms with Crippen molar-refractivity contribution in [2.45, 2.75) is 32.9 Å². The molecule has 0 aliphatic carbocycles. The van der Waals surface area contributed by atoms with Crippen molar-refractivity contribution >= 4 is 29.0 Å². The predicted octanol–water partition coefficient (Wildman–Crippen LogP) is 5.12. The number of urea groups is 1. The van der Waals surface area contributed by atoms with Crippen molar-refractivity contribution in [3.8, 4) is 0 Å². The Kier molecular flexibility index (Phi) is 6.72. The van der Waals surface area contributed by atoms with Gasteiger partial charge in [-0.3, -0.25) is 4.79 Å². The van der Waals surface area contributed by atoms with E-state index < -0.39 is 0 Å². The van der Waals surface area contributed by atoms with Crippen molar-refractivity contribution in [2.24, 2.45) is 5.92 Å². The molecule has 1 aliphatic rings. The lowest BCUT2D eigenvalue weighted by Crippen LogP contribution is -2.47. The second kappa shape index (κ2) is 9.83. The highest BCUT2D eigenvalue weighted by Crippen LogP contribution is 2.23. The molecule has 3 amide bonds. The van der Waals surface area contributed by atoms with E-state index in [1.165, 1.54) is 0 Å². The number of thiophene rings is 1. The van der Waals surface area contributed by atoms with Crippen LogP contribution in [-0.4, -0.2) is 34.8 Å². The lowest BCUT2D eigenvalue weighted by molar-refractivity contribution is -0.138. The molecule has 1 aliphatic heterocycles. The SMILES string of the molecule is Cc1cccc(NC(=O)N2CCCC(C(=O)N(Cc3ccco3)Cc3cccs3)C2)c1. The number of aryl methyl sites for hydroxylation is 1. The van der Waals surface area contributed by atoms with E-state index in [1.807, 2.05) is 65.7 Å². The topological polar surface area (TPSA) is 65.8 Å². The van der Waals surface area contributed by atoms with Crippen LogP contribution in [0.15, 0.2) is 64.6 Å². The molecule has 31 heavy (non-hydrogen) atoms. The second-order valence-electron chi connectivity index (χ2n) is 7.94. The highest BCUT2D eigenvalue weighted by Gasteiger charge is 2.32. The van der Waals surface area contributed by atoms with Gasteiger partial charge >= 0.3 is 6.03 Å². The molecule has 1 fully saturated rings. The number of piperidine rings is 1. The van der Waals surface area contributed by atoms with Crippen molar-refractivity contribution in [1.82, 2.24) is 9.80 Å². The summed E-state index contributed by atoms with van der Waals surface area (Å²) < 4.78 is 5.49. The van der Waals surface area contributed by atoms with Crippen LogP contribution in [0.5, 0.6) is 0 Å². The summed E-state index contributed by atoms with van der Waals surface area (Å²) in [4.78, 5) is 31.0. The van der Waals surface area contributed by atoms with Crippen LogP contribution < -0.4 is 5.32 Å². The molecule has 0 saturated carbocycles. The summed E-state index contributed by atoms with van der Waals surface area (Å²) in [6.07, 6.45) is 3.22. The van der Waals surface area contributed by atoms with Gasteiger partial charge < -0.3 is 19.5 Å². The largest absolute Gasteiger partial charge is 0.467 e. The van der Waals surface area contributed by atoms with E-state index >= 15 is 0 Å². The van der Waals surface area contributed by atoms with Crippen LogP contribution >= 0.6 is 11.3 Å². The van der Waals surface area contributed by atoms with Crippen LogP contribution in [-0.2, 0) is 17.9 Å². The average molecular weight is 438 g/mol. The zero-order chi connectivity index (χ0) is 21.6. The number of nitrogens with zero attached hydrogens (tertiary/aromatic N) is 2. The van der Waals surface area contributed by atoms with E-state index in [9.17, 15) is 9.59 Å². The molecule has 2 aromatic heterocycles. The molecular weight excluding hydrogens is 410 g/mol. The maximum absolute atomic E-state index is 13.5. The minimum absolute atomic E-state index is 0.0675. The first-order valence-corrected chi connectivity index (χ1v) is 11.4. The van der Waals surface area contributed by atoms with Gasteiger partial charge in [0.1, 0.15) is 5.76 Å². The summed E-state index contributed by atoms with van der Waals surface area (Å²) in [5, 5.41) is 4.98. The summed E-state index contributed by atoms with van der Waals surface area (Å²) in [5.41, 5.74) is 1.86. The van der Waals surface area contributed by atoms with E-state index in [4.69, 9.17) is 4.42 Å². The fraction of sp³-hybridized carbons (Fsp3) is 0.333. The molecule has 1 unspecified atom stereocenters. The number of furan rings is 1. The predicted molar refractivity (Wildman–Crippen MR) is 122 cm³/mol. The van der Waals surface area contributed by atoms with Crippen molar-refractivity contribution in [3.05, 3.63) is 76.4 Å². The maximum atomic E-state index is 13.5. The average Bonchev–Trinajstić information content (AvgIpc) is 3.47. The zero-order valence-corrected chi connectivity index (χ0v) is 18.4. The Bertz CT molecular complexity index is 965. The lowest BCUT2D eigenvalue weighted by Gasteiger charge is -2.34. The lowest BCUT2D eigenvalue weighted by atomic mass is 9.96. The Morgan fingerprint density at radius 1 is 1.19 bits per heavy atom. The molecule has 0 spiro atoms. The van der Waals surface area contributed by atoms with Crippen LogP contribution in [0.1, 0.15) is 29.0 Å². The number of amides is 3. The molecule has 3 heterocycles. The molecule has 6 nitrogen and oxygen atoms in total. The highest BCUT2D eigenvalue weighted by atomic mass is 32.1. The van der Waals surface area contributed by atoms with Gasteiger partial charge in [0.15, 0.2) is 0 Å². The number of hydrogen-bond donors (Lipinski definition) is 1. The van der Waals surface area contributed by atoms with Gasteiger partial charge in [-0.25, -0.2) is 4.79 Å². The van der Waals surface area contributed by atoms with Gasteiger partial charge in [-0.05, 0) is 61.0 Å². The standard InChI is InChI=1S/C24H27N3O3S/c1-18-6-2-8-20(14-18)25-24(29)26-11-3-7-19(15-26)23(28)27(16-21-9-4-12-30-21)17-22-10-5-13-31-22/h2,4-6,8-10,12-14,19H,3,7,11,15-17H2,1H3,(H,25,29). The Morgan fingerprint density at radius 2 is 2.10 bits per heavy atom. The van der Waals surface area contributed by atoms with Crippen LogP contribution in [0, 0.1) is 12.8 Å². The fourth-order valence-electron chi connectivity index (χ4n) is 3.94.